The van der Waals surface area contributed by atoms with Gasteiger partial charge in [-0.05, 0) is 0 Å². The van der Waals surface area contributed by atoms with Crippen molar-refractivity contribution in [1.29, 1.82) is 0 Å². The Kier molecular flexibility index (Phi) is 10.3. The van der Waals surface area contributed by atoms with Crippen molar-refractivity contribution in [3.05, 3.63) is 0 Å². The van der Waals surface area contributed by atoms with Crippen LogP contribution in [0.25, 0.3) is 0 Å². The van der Waals surface area contributed by atoms with Crippen LogP contribution in [0.2, 0.25) is 0 Å². The number of carbonyl (C=O) groups excluding carboxylic acids is 2. The van der Waals surface area contributed by atoms with E-state index in [1.165, 1.54) is 6.92 Å². The SMILES string of the molecule is CC(=O)NCCSC(=O)CN.O=C(O)C(F)(F)F. The maximum Gasteiger partial charge on any atom is 0.490 e. The summed E-state index contributed by atoms with van der Waals surface area (Å²) in [5.41, 5.74) is 5.06. The minimum absolute atomic E-state index is 0.0460. The van der Waals surface area contributed by atoms with Gasteiger partial charge in [0.1, 0.15) is 0 Å². The molecule has 6 nitrogen and oxygen atoms in total. The van der Waals surface area contributed by atoms with Crippen molar-refractivity contribution in [2.75, 3.05) is 18.8 Å². The quantitative estimate of drug-likeness (QED) is 0.627. The first-order chi connectivity index (χ1) is 8.11. The number of rotatable bonds is 4. The number of nitrogens with one attached hydrogen (secondary N) is 1. The summed E-state index contributed by atoms with van der Waals surface area (Å²) in [6.45, 7) is 2.02. The molecule has 0 aliphatic heterocycles. The zero-order chi connectivity index (χ0) is 14.8. The Balaban J connectivity index is 0. The Morgan fingerprint density at radius 2 is 1.78 bits per heavy atom. The summed E-state index contributed by atoms with van der Waals surface area (Å²) in [5.74, 6) is -2.24. The molecule has 0 aromatic heterocycles. The van der Waals surface area contributed by atoms with E-state index < -0.39 is 12.1 Å². The molecule has 0 bridgehead atoms. The molecule has 0 saturated carbocycles. The van der Waals surface area contributed by atoms with Gasteiger partial charge in [0.25, 0.3) is 0 Å². The highest BCUT2D eigenvalue weighted by molar-refractivity contribution is 8.13. The lowest BCUT2D eigenvalue weighted by molar-refractivity contribution is -0.192. The number of halogens is 3. The largest absolute Gasteiger partial charge is 0.490 e. The van der Waals surface area contributed by atoms with Gasteiger partial charge in [0.05, 0.1) is 6.54 Å². The zero-order valence-electron chi connectivity index (χ0n) is 9.41. The Morgan fingerprint density at radius 1 is 1.33 bits per heavy atom. The molecular formula is C8H13F3N2O4S. The summed E-state index contributed by atoms with van der Waals surface area (Å²) in [5, 5.41) is 9.65. The van der Waals surface area contributed by atoms with Gasteiger partial charge in [-0.3, -0.25) is 9.59 Å². The van der Waals surface area contributed by atoms with Crippen LogP contribution in [0.3, 0.4) is 0 Å². The van der Waals surface area contributed by atoms with Crippen LogP contribution in [0.1, 0.15) is 6.92 Å². The highest BCUT2D eigenvalue weighted by Gasteiger charge is 2.38. The van der Waals surface area contributed by atoms with Crippen molar-refractivity contribution in [2.45, 2.75) is 13.1 Å². The van der Waals surface area contributed by atoms with E-state index in [2.05, 4.69) is 5.32 Å². The monoisotopic (exact) mass is 290 g/mol. The predicted molar refractivity (Wildman–Crippen MR) is 58.9 cm³/mol. The van der Waals surface area contributed by atoms with Crippen molar-refractivity contribution >= 4 is 28.8 Å². The van der Waals surface area contributed by atoms with Gasteiger partial charge in [-0.1, -0.05) is 11.8 Å². The van der Waals surface area contributed by atoms with E-state index in [0.29, 0.717) is 12.3 Å². The minimum Gasteiger partial charge on any atom is -0.475 e. The van der Waals surface area contributed by atoms with Crippen LogP contribution < -0.4 is 11.1 Å². The number of hydrogen-bond donors (Lipinski definition) is 3. The van der Waals surface area contributed by atoms with Crippen molar-refractivity contribution in [3.63, 3.8) is 0 Å². The Bertz CT molecular complexity index is 297. The van der Waals surface area contributed by atoms with Crippen LogP contribution in [0, 0.1) is 0 Å². The van der Waals surface area contributed by atoms with Gasteiger partial charge >= 0.3 is 12.1 Å². The van der Waals surface area contributed by atoms with Gasteiger partial charge in [0.2, 0.25) is 11.0 Å². The first kappa shape index (κ1) is 19.1. The molecule has 0 atom stereocenters. The third-order valence-electron chi connectivity index (χ3n) is 1.15. The highest BCUT2D eigenvalue weighted by Crippen LogP contribution is 2.13. The number of aliphatic carboxylic acids is 1. The Morgan fingerprint density at radius 3 is 2.06 bits per heavy atom. The molecule has 1 amide bonds. The fourth-order valence-electron chi connectivity index (χ4n) is 0.451. The number of alkyl halides is 3. The van der Waals surface area contributed by atoms with Gasteiger partial charge < -0.3 is 16.2 Å². The lowest BCUT2D eigenvalue weighted by atomic mass is 10.6. The minimum atomic E-state index is -5.08. The van der Waals surface area contributed by atoms with Crippen molar-refractivity contribution in [1.82, 2.24) is 5.32 Å². The normalized spacial score (nSPS) is 10.1. The summed E-state index contributed by atoms with van der Waals surface area (Å²) in [6.07, 6.45) is -5.08. The molecule has 0 rings (SSSR count). The number of hydrogen-bond acceptors (Lipinski definition) is 5. The van der Waals surface area contributed by atoms with Crippen molar-refractivity contribution < 1.29 is 32.7 Å². The van der Waals surface area contributed by atoms with E-state index in [9.17, 15) is 22.8 Å². The molecule has 0 fully saturated rings. The second kappa shape index (κ2) is 9.71. The zero-order valence-corrected chi connectivity index (χ0v) is 10.2. The van der Waals surface area contributed by atoms with Gasteiger partial charge in [-0.15, -0.1) is 0 Å². The Hall–Kier alpha value is -1.29. The molecule has 0 aliphatic carbocycles. The molecule has 0 saturated heterocycles. The molecule has 10 heteroatoms. The molecule has 4 N–H and O–H groups in total. The fourth-order valence-corrected chi connectivity index (χ4v) is 1.00. The topological polar surface area (TPSA) is 109 Å². The lowest BCUT2D eigenvalue weighted by Crippen LogP contribution is -2.23. The van der Waals surface area contributed by atoms with Crippen LogP contribution in [-0.2, 0) is 14.4 Å². The lowest BCUT2D eigenvalue weighted by Gasteiger charge is -1.99. The second-order valence-corrected chi connectivity index (χ2v) is 3.86. The molecule has 0 radical (unpaired) electrons. The average molecular weight is 290 g/mol. The molecule has 0 spiro atoms. The standard InChI is InChI=1S/C6H12N2O2S.C2HF3O2/c1-5(9)8-2-3-11-6(10)4-7;3-2(4,5)1(6)7/h2-4,7H2,1H3,(H,8,9);(H,6,7). The van der Waals surface area contributed by atoms with Crippen molar-refractivity contribution in [3.8, 4) is 0 Å². The number of carboxylic acids is 1. The number of carbonyl (C=O) groups is 3. The fraction of sp³-hybridized carbons (Fsp3) is 0.625. The molecule has 18 heavy (non-hydrogen) atoms. The highest BCUT2D eigenvalue weighted by atomic mass is 32.2. The Labute approximate surface area is 105 Å². The number of thioether (sulfide) groups is 1. The molecule has 0 unspecified atom stereocenters. The molecule has 0 aromatic carbocycles. The molecule has 0 heterocycles. The third-order valence-corrected chi connectivity index (χ3v) is 2.05. The van der Waals surface area contributed by atoms with E-state index in [1.54, 1.807) is 0 Å². The number of nitrogens with two attached hydrogens (primary N) is 1. The van der Waals surface area contributed by atoms with E-state index in [4.69, 9.17) is 15.6 Å². The summed E-state index contributed by atoms with van der Waals surface area (Å²) in [4.78, 5) is 29.8. The maximum atomic E-state index is 10.6. The summed E-state index contributed by atoms with van der Waals surface area (Å²) < 4.78 is 31.7. The molecule has 106 valence electrons. The maximum absolute atomic E-state index is 10.6. The third kappa shape index (κ3) is 14.7. The van der Waals surface area contributed by atoms with E-state index in [-0.39, 0.29) is 17.6 Å². The second-order valence-electron chi connectivity index (χ2n) is 2.71. The van der Waals surface area contributed by atoms with E-state index in [1.807, 2.05) is 0 Å². The van der Waals surface area contributed by atoms with Gasteiger partial charge in [0.15, 0.2) is 0 Å². The van der Waals surface area contributed by atoms with E-state index >= 15 is 0 Å². The van der Waals surface area contributed by atoms with Crippen molar-refractivity contribution in [2.24, 2.45) is 5.73 Å². The first-order valence-electron chi connectivity index (χ1n) is 4.51. The van der Waals surface area contributed by atoms with Gasteiger partial charge in [0, 0.05) is 19.2 Å². The number of carboxylic acid groups (broad SMARTS) is 1. The first-order valence-corrected chi connectivity index (χ1v) is 5.50. The average Bonchev–Trinajstić information content (AvgIpc) is 2.23. The summed E-state index contributed by atoms with van der Waals surface area (Å²) >= 11 is 1.14. The molecular weight excluding hydrogens is 277 g/mol. The number of amides is 1. The van der Waals surface area contributed by atoms with Gasteiger partial charge in [-0.25, -0.2) is 4.79 Å². The van der Waals surface area contributed by atoms with Crippen LogP contribution in [0.4, 0.5) is 13.2 Å². The van der Waals surface area contributed by atoms with E-state index in [0.717, 1.165) is 11.8 Å². The van der Waals surface area contributed by atoms with Crippen LogP contribution in [0.15, 0.2) is 0 Å². The molecule has 0 aliphatic rings. The summed E-state index contributed by atoms with van der Waals surface area (Å²) in [6, 6.07) is 0. The predicted octanol–water partition coefficient (Wildman–Crippen LogP) is -0.0257. The smallest absolute Gasteiger partial charge is 0.475 e. The summed E-state index contributed by atoms with van der Waals surface area (Å²) in [7, 11) is 0. The van der Waals surface area contributed by atoms with Crippen LogP contribution in [0.5, 0.6) is 0 Å². The van der Waals surface area contributed by atoms with Gasteiger partial charge in [-0.2, -0.15) is 13.2 Å². The van der Waals surface area contributed by atoms with Crippen LogP contribution >= 0.6 is 11.8 Å². The van der Waals surface area contributed by atoms with Crippen LogP contribution in [-0.4, -0.2) is 47.1 Å². The molecule has 0 aromatic rings.